The summed E-state index contributed by atoms with van der Waals surface area (Å²) in [6.45, 7) is 12.0. The number of hydrogen-bond donors (Lipinski definition) is 0. The summed E-state index contributed by atoms with van der Waals surface area (Å²) in [5.41, 5.74) is 1.74. The van der Waals surface area contributed by atoms with Gasteiger partial charge in [0, 0.05) is 0 Å². The second kappa shape index (κ2) is 3.02. The van der Waals surface area contributed by atoms with Crippen molar-refractivity contribution in [2.24, 2.45) is 0 Å². The zero-order valence-electron chi connectivity index (χ0n) is 9.20. The van der Waals surface area contributed by atoms with Gasteiger partial charge in [-0.3, -0.25) is 0 Å². The van der Waals surface area contributed by atoms with E-state index in [0.29, 0.717) is 5.04 Å². The Morgan fingerprint density at radius 3 is 1.92 bits per heavy atom. The molecular weight excluding hydrogens is 160 g/mol. The summed E-state index contributed by atoms with van der Waals surface area (Å²) >= 11 is 0. The van der Waals surface area contributed by atoms with Gasteiger partial charge in [-0.1, -0.05) is 38.2 Å². The smallest absolute Gasteiger partial charge is 0.0552 e. The highest BCUT2D eigenvalue weighted by Gasteiger charge is 2.54. The molecule has 0 spiro atoms. The van der Waals surface area contributed by atoms with Crippen molar-refractivity contribution in [1.29, 1.82) is 0 Å². The Balaban J connectivity index is 2.86. The number of hydrogen-bond acceptors (Lipinski definition) is 0. The maximum atomic E-state index is 2.51. The molecule has 0 N–H and O–H groups in total. The van der Waals surface area contributed by atoms with Gasteiger partial charge in [0.05, 0.1) is 8.07 Å². The van der Waals surface area contributed by atoms with E-state index in [1.165, 1.54) is 19.3 Å². The van der Waals surface area contributed by atoms with Crippen molar-refractivity contribution in [3.63, 3.8) is 0 Å². The highest BCUT2D eigenvalue weighted by molar-refractivity contribution is 6.80. The van der Waals surface area contributed by atoms with E-state index in [9.17, 15) is 0 Å². The predicted molar refractivity (Wildman–Crippen MR) is 59.3 cm³/mol. The van der Waals surface area contributed by atoms with Gasteiger partial charge >= 0.3 is 0 Å². The standard InChI is InChI=1S/C11H22Si/c1-6-10(7-2)11(8-9-11)12(3,4)5/h6H,7-9H2,1-5H3/b10-6-. The zero-order valence-corrected chi connectivity index (χ0v) is 10.2. The molecule has 0 radical (unpaired) electrons. The Labute approximate surface area is 78.1 Å². The van der Waals surface area contributed by atoms with Gasteiger partial charge in [-0.2, -0.15) is 0 Å². The van der Waals surface area contributed by atoms with Gasteiger partial charge in [0.25, 0.3) is 0 Å². The van der Waals surface area contributed by atoms with Gasteiger partial charge in [0.1, 0.15) is 0 Å². The van der Waals surface area contributed by atoms with Crippen LogP contribution in [-0.2, 0) is 0 Å². The fourth-order valence-electron chi connectivity index (χ4n) is 2.50. The van der Waals surface area contributed by atoms with E-state index in [2.05, 4.69) is 39.6 Å². The second-order valence-corrected chi connectivity index (χ2v) is 10.5. The molecule has 1 aliphatic rings. The van der Waals surface area contributed by atoms with Crippen LogP contribution >= 0.6 is 0 Å². The van der Waals surface area contributed by atoms with Crippen LogP contribution in [0, 0.1) is 0 Å². The molecule has 1 rings (SSSR count). The first kappa shape index (κ1) is 10.0. The summed E-state index contributed by atoms with van der Waals surface area (Å²) in [6.07, 6.45) is 6.57. The molecule has 0 bridgehead atoms. The van der Waals surface area contributed by atoms with Crippen molar-refractivity contribution < 1.29 is 0 Å². The minimum absolute atomic E-state index is 0.705. The van der Waals surface area contributed by atoms with Crippen LogP contribution < -0.4 is 0 Å². The summed E-state index contributed by atoms with van der Waals surface area (Å²) in [6, 6.07) is 0. The third kappa shape index (κ3) is 1.39. The molecule has 0 aliphatic heterocycles. The number of allylic oxidation sites excluding steroid dienone is 2. The topological polar surface area (TPSA) is 0 Å². The molecule has 12 heavy (non-hydrogen) atoms. The van der Waals surface area contributed by atoms with E-state index < -0.39 is 8.07 Å². The molecule has 0 unspecified atom stereocenters. The van der Waals surface area contributed by atoms with Gasteiger partial charge in [0.15, 0.2) is 0 Å². The van der Waals surface area contributed by atoms with E-state index in [4.69, 9.17) is 0 Å². The lowest BCUT2D eigenvalue weighted by molar-refractivity contribution is 0.889. The Morgan fingerprint density at radius 1 is 1.33 bits per heavy atom. The first-order chi connectivity index (χ1) is 5.48. The van der Waals surface area contributed by atoms with Gasteiger partial charge in [0.2, 0.25) is 0 Å². The van der Waals surface area contributed by atoms with Crippen LogP contribution in [0.3, 0.4) is 0 Å². The molecule has 0 aromatic heterocycles. The summed E-state index contributed by atoms with van der Waals surface area (Å²) in [5, 5.41) is 0.705. The molecule has 1 fully saturated rings. The molecule has 0 aromatic rings. The van der Waals surface area contributed by atoms with Crippen molar-refractivity contribution >= 4 is 8.07 Å². The lowest BCUT2D eigenvalue weighted by Crippen LogP contribution is -2.30. The number of rotatable bonds is 3. The molecule has 0 aromatic carbocycles. The van der Waals surface area contributed by atoms with Crippen LogP contribution in [0.2, 0.25) is 24.7 Å². The Morgan fingerprint density at radius 2 is 1.83 bits per heavy atom. The SMILES string of the molecule is C/C=C(/CC)C1([Si](C)(C)C)CC1. The van der Waals surface area contributed by atoms with Crippen molar-refractivity contribution in [2.45, 2.75) is 57.8 Å². The molecule has 1 heteroatoms. The quantitative estimate of drug-likeness (QED) is 0.453. The van der Waals surface area contributed by atoms with E-state index in [1.807, 2.05) is 0 Å². The second-order valence-electron chi connectivity index (χ2n) is 5.00. The summed E-state index contributed by atoms with van der Waals surface area (Å²) in [7, 11) is -0.947. The third-order valence-electron chi connectivity index (χ3n) is 3.53. The monoisotopic (exact) mass is 182 g/mol. The van der Waals surface area contributed by atoms with E-state index in [1.54, 1.807) is 5.57 Å². The fraction of sp³-hybridized carbons (Fsp3) is 0.818. The minimum atomic E-state index is -0.947. The highest BCUT2D eigenvalue weighted by Crippen LogP contribution is 2.66. The highest BCUT2D eigenvalue weighted by atomic mass is 28.3. The molecule has 0 nitrogen and oxygen atoms in total. The lowest BCUT2D eigenvalue weighted by atomic mass is 10.1. The van der Waals surface area contributed by atoms with Gasteiger partial charge in [-0.25, -0.2) is 0 Å². The molecule has 0 atom stereocenters. The van der Waals surface area contributed by atoms with Crippen LogP contribution in [0.5, 0.6) is 0 Å². The first-order valence-corrected chi connectivity index (χ1v) is 8.63. The maximum Gasteiger partial charge on any atom is 0.0552 e. The Hall–Kier alpha value is -0.0431. The zero-order chi connectivity index (χ0) is 9.41. The average molecular weight is 182 g/mol. The Kier molecular flexibility index (Phi) is 2.53. The minimum Gasteiger partial charge on any atom is -0.0882 e. The molecular formula is C11H22Si. The molecule has 1 aliphatic carbocycles. The third-order valence-corrected chi connectivity index (χ3v) is 7.22. The fourth-order valence-corrected chi connectivity index (χ4v) is 5.41. The van der Waals surface area contributed by atoms with E-state index in [0.717, 1.165) is 0 Å². The molecule has 1 saturated carbocycles. The summed E-state index contributed by atoms with van der Waals surface area (Å²) < 4.78 is 0. The maximum absolute atomic E-state index is 2.51. The van der Waals surface area contributed by atoms with Crippen molar-refractivity contribution in [2.75, 3.05) is 0 Å². The average Bonchev–Trinajstić information content (AvgIpc) is 2.69. The largest absolute Gasteiger partial charge is 0.0882 e. The van der Waals surface area contributed by atoms with Crippen molar-refractivity contribution in [1.82, 2.24) is 0 Å². The van der Waals surface area contributed by atoms with E-state index >= 15 is 0 Å². The van der Waals surface area contributed by atoms with Gasteiger partial charge in [-0.15, -0.1) is 0 Å². The predicted octanol–water partition coefficient (Wildman–Crippen LogP) is 4.22. The van der Waals surface area contributed by atoms with Crippen LogP contribution in [0.1, 0.15) is 33.1 Å². The Bertz CT molecular complexity index is 192. The lowest BCUT2D eigenvalue weighted by Gasteiger charge is -2.31. The van der Waals surface area contributed by atoms with Crippen molar-refractivity contribution in [3.8, 4) is 0 Å². The molecule has 70 valence electrons. The summed E-state index contributed by atoms with van der Waals surface area (Å²) in [5.74, 6) is 0. The molecule has 0 amide bonds. The first-order valence-electron chi connectivity index (χ1n) is 5.13. The van der Waals surface area contributed by atoms with Crippen LogP contribution in [0.15, 0.2) is 11.6 Å². The van der Waals surface area contributed by atoms with Crippen LogP contribution in [-0.4, -0.2) is 8.07 Å². The van der Waals surface area contributed by atoms with E-state index in [-0.39, 0.29) is 0 Å². The normalized spacial score (nSPS) is 22.6. The van der Waals surface area contributed by atoms with Gasteiger partial charge in [-0.05, 0) is 31.2 Å². The van der Waals surface area contributed by atoms with Crippen molar-refractivity contribution in [3.05, 3.63) is 11.6 Å². The van der Waals surface area contributed by atoms with Gasteiger partial charge < -0.3 is 0 Å². The molecule has 0 heterocycles. The van der Waals surface area contributed by atoms with Crippen LogP contribution in [0.25, 0.3) is 0 Å². The molecule has 0 saturated heterocycles. The van der Waals surface area contributed by atoms with Crippen LogP contribution in [0.4, 0.5) is 0 Å². The summed E-state index contributed by atoms with van der Waals surface area (Å²) in [4.78, 5) is 0.